The molecule has 0 saturated heterocycles. The van der Waals surface area contributed by atoms with Crippen molar-refractivity contribution in [2.75, 3.05) is 11.9 Å². The minimum absolute atomic E-state index is 0.117. The fourth-order valence-corrected chi connectivity index (χ4v) is 2.97. The molecule has 0 radical (unpaired) electrons. The maximum atomic E-state index is 14.3. The Morgan fingerprint density at radius 2 is 1.88 bits per heavy atom. The van der Waals surface area contributed by atoms with E-state index in [0.717, 1.165) is 0 Å². The molecule has 0 aromatic heterocycles. The van der Waals surface area contributed by atoms with Crippen molar-refractivity contribution in [1.29, 1.82) is 0 Å². The molecule has 2 aromatic carbocycles. The van der Waals surface area contributed by atoms with Crippen molar-refractivity contribution < 1.29 is 23.1 Å². The summed E-state index contributed by atoms with van der Waals surface area (Å²) in [5, 5.41) is 5.33. The van der Waals surface area contributed by atoms with Crippen molar-refractivity contribution >= 4 is 17.5 Å². The number of carbonyl (C=O) groups is 2. The zero-order chi connectivity index (χ0) is 18.8. The lowest BCUT2D eigenvalue weighted by Crippen LogP contribution is -2.32. The Balaban J connectivity index is 1.94. The highest BCUT2D eigenvalue weighted by atomic mass is 19.1. The first-order valence-electron chi connectivity index (χ1n) is 8.16. The molecule has 0 spiro atoms. The van der Waals surface area contributed by atoms with Crippen molar-refractivity contribution in [2.45, 2.75) is 26.3 Å². The second-order valence-electron chi connectivity index (χ2n) is 6.15. The number of aryl methyl sites for hydroxylation is 1. The minimum atomic E-state index is -0.558. The summed E-state index contributed by atoms with van der Waals surface area (Å²) < 4.78 is 33.2. The Hall–Kier alpha value is -2.96. The molecule has 2 aromatic rings. The third-order valence-corrected chi connectivity index (χ3v) is 4.18. The maximum absolute atomic E-state index is 14.3. The quantitative estimate of drug-likeness (QED) is 0.881. The van der Waals surface area contributed by atoms with Crippen LogP contribution < -0.4 is 15.4 Å². The molecule has 1 aliphatic rings. The molecule has 1 atom stereocenters. The predicted molar refractivity (Wildman–Crippen MR) is 92.2 cm³/mol. The first-order chi connectivity index (χ1) is 12.4. The normalized spacial score (nSPS) is 15.6. The number of benzene rings is 2. The van der Waals surface area contributed by atoms with Gasteiger partial charge < -0.3 is 15.4 Å². The van der Waals surface area contributed by atoms with Gasteiger partial charge in [-0.25, -0.2) is 8.78 Å². The summed E-state index contributed by atoms with van der Waals surface area (Å²) in [4.78, 5) is 24.0. The van der Waals surface area contributed by atoms with Gasteiger partial charge in [-0.3, -0.25) is 9.59 Å². The second-order valence-corrected chi connectivity index (χ2v) is 6.15. The third-order valence-electron chi connectivity index (χ3n) is 4.18. The van der Waals surface area contributed by atoms with Crippen LogP contribution in [0.2, 0.25) is 0 Å². The summed E-state index contributed by atoms with van der Waals surface area (Å²) in [6.07, 6.45) is 0.408. The Kier molecular flexibility index (Phi) is 4.88. The zero-order valence-corrected chi connectivity index (χ0v) is 14.4. The van der Waals surface area contributed by atoms with Gasteiger partial charge in [0, 0.05) is 19.0 Å². The number of ether oxygens (including phenoxy) is 1. The molecule has 1 unspecified atom stereocenters. The smallest absolute Gasteiger partial charge is 0.259 e. The Bertz CT molecular complexity index is 883. The molecule has 0 aliphatic carbocycles. The molecule has 136 valence electrons. The summed E-state index contributed by atoms with van der Waals surface area (Å²) in [6, 6.07) is 6.15. The molecule has 0 saturated carbocycles. The molecule has 26 heavy (non-hydrogen) atoms. The first-order valence-corrected chi connectivity index (χ1v) is 8.16. The molecule has 0 bridgehead atoms. The Labute approximate surface area is 149 Å². The standard InChI is InChI=1S/C19H18F2N2O3/c1-10-9-12(3-5-14(10)20)23-19(25)13-4-6-15(21)17-16(22-11(2)24)7-8-26-18(13)17/h3-6,9,16H,7-8H2,1-2H3,(H,22,24)(H,23,25). The van der Waals surface area contributed by atoms with Gasteiger partial charge in [0.1, 0.15) is 17.4 Å². The van der Waals surface area contributed by atoms with Crippen LogP contribution in [-0.2, 0) is 4.79 Å². The molecule has 0 fully saturated rings. The molecular weight excluding hydrogens is 342 g/mol. The highest BCUT2D eigenvalue weighted by Crippen LogP contribution is 2.37. The van der Waals surface area contributed by atoms with Crippen LogP contribution in [0.4, 0.5) is 14.5 Å². The lowest BCUT2D eigenvalue weighted by molar-refractivity contribution is -0.119. The number of fused-ring (bicyclic) bond motifs is 1. The van der Waals surface area contributed by atoms with Gasteiger partial charge in [-0.1, -0.05) is 0 Å². The average molecular weight is 360 g/mol. The number of hydrogen-bond donors (Lipinski definition) is 2. The van der Waals surface area contributed by atoms with Crippen LogP contribution in [0.25, 0.3) is 0 Å². The zero-order valence-electron chi connectivity index (χ0n) is 14.4. The van der Waals surface area contributed by atoms with Crippen molar-refractivity contribution in [3.05, 3.63) is 58.7 Å². The topological polar surface area (TPSA) is 67.4 Å². The minimum Gasteiger partial charge on any atom is -0.492 e. The number of amides is 2. The maximum Gasteiger partial charge on any atom is 0.259 e. The SMILES string of the molecule is CC(=O)NC1CCOc2c(C(=O)Nc3ccc(F)c(C)c3)ccc(F)c21. The molecule has 1 heterocycles. The van der Waals surface area contributed by atoms with Crippen LogP contribution >= 0.6 is 0 Å². The van der Waals surface area contributed by atoms with Crippen molar-refractivity contribution in [3.8, 4) is 5.75 Å². The molecular formula is C19H18F2N2O3. The Morgan fingerprint density at radius 3 is 2.58 bits per heavy atom. The lowest BCUT2D eigenvalue weighted by Gasteiger charge is -2.28. The van der Waals surface area contributed by atoms with E-state index in [1.54, 1.807) is 6.92 Å². The van der Waals surface area contributed by atoms with Gasteiger partial charge in [-0.05, 0) is 42.8 Å². The van der Waals surface area contributed by atoms with Crippen LogP contribution in [0.3, 0.4) is 0 Å². The molecule has 3 rings (SSSR count). The van der Waals surface area contributed by atoms with Gasteiger partial charge in [0.25, 0.3) is 5.91 Å². The molecule has 5 nitrogen and oxygen atoms in total. The fourth-order valence-electron chi connectivity index (χ4n) is 2.97. The number of halogens is 2. The van der Waals surface area contributed by atoms with Gasteiger partial charge in [0.15, 0.2) is 0 Å². The van der Waals surface area contributed by atoms with Gasteiger partial charge in [0.2, 0.25) is 5.91 Å². The van der Waals surface area contributed by atoms with Crippen LogP contribution in [0, 0.1) is 18.6 Å². The van der Waals surface area contributed by atoms with Gasteiger partial charge in [-0.15, -0.1) is 0 Å². The largest absolute Gasteiger partial charge is 0.492 e. The highest BCUT2D eigenvalue weighted by Gasteiger charge is 2.30. The summed E-state index contributed by atoms with van der Waals surface area (Å²) in [5.74, 6) is -1.60. The van der Waals surface area contributed by atoms with Crippen molar-refractivity contribution in [2.24, 2.45) is 0 Å². The van der Waals surface area contributed by atoms with E-state index in [0.29, 0.717) is 17.7 Å². The molecule has 2 N–H and O–H groups in total. The highest BCUT2D eigenvalue weighted by molar-refractivity contribution is 6.06. The van der Waals surface area contributed by atoms with E-state index in [-0.39, 0.29) is 35.2 Å². The van der Waals surface area contributed by atoms with Crippen LogP contribution in [0.15, 0.2) is 30.3 Å². The number of rotatable bonds is 3. The summed E-state index contributed by atoms with van der Waals surface area (Å²) in [5.41, 5.74) is 1.12. The van der Waals surface area contributed by atoms with E-state index in [4.69, 9.17) is 4.74 Å². The number of hydrogen-bond acceptors (Lipinski definition) is 3. The molecule has 1 aliphatic heterocycles. The van der Waals surface area contributed by atoms with E-state index in [1.807, 2.05) is 0 Å². The van der Waals surface area contributed by atoms with E-state index in [1.165, 1.54) is 37.3 Å². The number of nitrogens with one attached hydrogen (secondary N) is 2. The third kappa shape index (κ3) is 3.51. The van der Waals surface area contributed by atoms with Crippen molar-refractivity contribution in [1.82, 2.24) is 5.32 Å². The van der Waals surface area contributed by atoms with Gasteiger partial charge >= 0.3 is 0 Å². The molecule has 2 amide bonds. The van der Waals surface area contributed by atoms with Gasteiger partial charge in [0.05, 0.1) is 23.8 Å². The summed E-state index contributed by atoms with van der Waals surface area (Å²) in [6.45, 7) is 3.18. The van der Waals surface area contributed by atoms with E-state index >= 15 is 0 Å². The average Bonchev–Trinajstić information content (AvgIpc) is 2.58. The van der Waals surface area contributed by atoms with E-state index in [2.05, 4.69) is 10.6 Å². The monoisotopic (exact) mass is 360 g/mol. The lowest BCUT2D eigenvalue weighted by atomic mass is 9.96. The second kappa shape index (κ2) is 7.11. The van der Waals surface area contributed by atoms with E-state index < -0.39 is 17.8 Å². The summed E-state index contributed by atoms with van der Waals surface area (Å²) >= 11 is 0. The van der Waals surface area contributed by atoms with Crippen LogP contribution in [0.5, 0.6) is 5.75 Å². The fraction of sp³-hybridized carbons (Fsp3) is 0.263. The van der Waals surface area contributed by atoms with E-state index in [9.17, 15) is 18.4 Å². The molecule has 7 heteroatoms. The summed E-state index contributed by atoms with van der Waals surface area (Å²) in [7, 11) is 0. The van der Waals surface area contributed by atoms with Crippen LogP contribution in [0.1, 0.15) is 40.9 Å². The Morgan fingerprint density at radius 1 is 1.15 bits per heavy atom. The van der Waals surface area contributed by atoms with Crippen molar-refractivity contribution in [3.63, 3.8) is 0 Å². The number of carbonyl (C=O) groups excluding carboxylic acids is 2. The van der Waals surface area contributed by atoms with Crippen LogP contribution in [-0.4, -0.2) is 18.4 Å². The predicted octanol–water partition coefficient (Wildman–Crippen LogP) is 3.49. The van der Waals surface area contributed by atoms with Gasteiger partial charge in [-0.2, -0.15) is 0 Å². The first kappa shape index (κ1) is 17.8. The number of anilines is 1.